The predicted octanol–water partition coefficient (Wildman–Crippen LogP) is 4.35. The highest BCUT2D eigenvalue weighted by atomic mass is 32.1. The number of fused-ring (bicyclic) bond motifs is 1. The van der Waals surface area contributed by atoms with Crippen LogP contribution >= 0.6 is 11.3 Å². The molecule has 2 N–H and O–H groups in total. The first-order valence-electron chi connectivity index (χ1n) is 11.8. The van der Waals surface area contributed by atoms with E-state index >= 15 is 0 Å². The van der Waals surface area contributed by atoms with Crippen LogP contribution in [0.15, 0.2) is 29.9 Å². The molecule has 3 aromatic rings. The molecule has 1 amide bonds. The van der Waals surface area contributed by atoms with Crippen molar-refractivity contribution in [3.8, 4) is 0 Å². The van der Waals surface area contributed by atoms with E-state index in [0.29, 0.717) is 23.3 Å². The van der Waals surface area contributed by atoms with Crippen LogP contribution in [0.5, 0.6) is 0 Å². The number of anilines is 1. The van der Waals surface area contributed by atoms with Crippen LogP contribution in [0.2, 0.25) is 0 Å². The fraction of sp³-hybridized carbons (Fsp3) is 0.500. The van der Waals surface area contributed by atoms with Crippen LogP contribution in [0.25, 0.3) is 10.9 Å². The van der Waals surface area contributed by atoms with Gasteiger partial charge in [0.1, 0.15) is 11.6 Å². The van der Waals surface area contributed by atoms with Crippen LogP contribution in [0.1, 0.15) is 47.9 Å². The van der Waals surface area contributed by atoms with Crippen molar-refractivity contribution >= 4 is 34.0 Å². The Labute approximate surface area is 205 Å². The molecule has 1 aromatic carbocycles. The minimum absolute atomic E-state index is 0.0712. The first-order valence-corrected chi connectivity index (χ1v) is 12.7. The Balaban J connectivity index is 1.11. The number of aryl methyl sites for hydroxylation is 1. The largest absolute Gasteiger partial charge is 0.416 e. The second kappa shape index (κ2) is 9.69. The summed E-state index contributed by atoms with van der Waals surface area (Å²) in [5.41, 5.74) is 1.52. The summed E-state index contributed by atoms with van der Waals surface area (Å²) >= 11 is 1.74. The monoisotopic (exact) mass is 504 g/mol. The first-order chi connectivity index (χ1) is 16.8. The van der Waals surface area contributed by atoms with Crippen molar-refractivity contribution in [2.75, 3.05) is 25.0 Å². The van der Waals surface area contributed by atoms with E-state index in [-0.39, 0.29) is 29.7 Å². The van der Waals surface area contributed by atoms with Crippen LogP contribution in [0, 0.1) is 6.92 Å². The lowest BCUT2D eigenvalue weighted by molar-refractivity contribution is -0.137. The Bertz CT molecular complexity index is 1190. The zero-order valence-corrected chi connectivity index (χ0v) is 20.1. The van der Waals surface area contributed by atoms with Crippen LogP contribution in [0.3, 0.4) is 0 Å². The number of nitrogens with zero attached hydrogens (tertiary/aromatic N) is 4. The number of thiazole rings is 1. The van der Waals surface area contributed by atoms with Gasteiger partial charge in [-0.15, -0.1) is 11.3 Å². The van der Waals surface area contributed by atoms with Gasteiger partial charge in [0.25, 0.3) is 0 Å². The highest BCUT2D eigenvalue weighted by molar-refractivity contribution is 7.09. The number of rotatable bonds is 6. The van der Waals surface area contributed by atoms with Gasteiger partial charge in [-0.3, -0.25) is 14.7 Å². The standard InChI is InChI=1S/C24H27F3N6OS/c1-14-30-20-7-4-16(24(25,26)27)8-19(20)23(31-14)29-10-22(34)32-17-11-33(12-17)18-5-2-15(3-6-18)21-9-28-13-35-21/h4,7-9,13,15,17-18H,2-3,5-6,10-12H2,1H3,(H,32,34)(H,29,30,31). The minimum atomic E-state index is -4.47. The van der Waals surface area contributed by atoms with Crippen LogP contribution in [-0.4, -0.2) is 57.5 Å². The molecule has 0 unspecified atom stereocenters. The number of aromatic nitrogens is 3. The molecule has 35 heavy (non-hydrogen) atoms. The molecular formula is C24H27F3N6OS. The highest BCUT2D eigenvalue weighted by Crippen LogP contribution is 2.37. The molecule has 186 valence electrons. The van der Waals surface area contributed by atoms with Crippen molar-refractivity contribution in [1.29, 1.82) is 0 Å². The summed E-state index contributed by atoms with van der Waals surface area (Å²) in [6.07, 6.45) is 2.18. The zero-order chi connectivity index (χ0) is 24.6. The molecule has 1 aliphatic carbocycles. The number of benzene rings is 1. The third kappa shape index (κ3) is 5.40. The molecule has 11 heteroatoms. The Morgan fingerprint density at radius 2 is 1.94 bits per heavy atom. The zero-order valence-electron chi connectivity index (χ0n) is 19.3. The fourth-order valence-electron chi connectivity index (χ4n) is 5.05. The number of hydrogen-bond acceptors (Lipinski definition) is 7. The number of likely N-dealkylation sites (tertiary alicyclic amines) is 1. The van der Waals surface area contributed by atoms with E-state index in [2.05, 4.69) is 30.5 Å². The number of nitrogens with one attached hydrogen (secondary N) is 2. The number of alkyl halides is 3. The fourth-order valence-corrected chi connectivity index (χ4v) is 5.85. The molecule has 1 saturated heterocycles. The lowest BCUT2D eigenvalue weighted by Crippen LogP contribution is -2.63. The third-order valence-corrected chi connectivity index (χ3v) is 7.83. The van der Waals surface area contributed by atoms with Gasteiger partial charge in [0, 0.05) is 35.6 Å². The molecule has 7 nitrogen and oxygen atoms in total. The van der Waals surface area contributed by atoms with Crippen molar-refractivity contribution in [3.05, 3.63) is 46.2 Å². The molecule has 2 fully saturated rings. The molecule has 1 saturated carbocycles. The average molecular weight is 505 g/mol. The molecule has 1 aliphatic heterocycles. The second-order valence-corrected chi connectivity index (χ2v) is 10.2. The highest BCUT2D eigenvalue weighted by Gasteiger charge is 2.35. The molecule has 0 spiro atoms. The SMILES string of the molecule is Cc1nc(NCC(=O)NC2CN(C3CCC(c4cncs4)CC3)C2)c2cc(C(F)(F)F)ccc2n1. The van der Waals surface area contributed by atoms with Gasteiger partial charge in [0.2, 0.25) is 5.91 Å². The van der Waals surface area contributed by atoms with E-state index in [4.69, 9.17) is 0 Å². The molecule has 2 aliphatic rings. The second-order valence-electron chi connectivity index (χ2n) is 9.33. The lowest BCUT2D eigenvalue weighted by Gasteiger charge is -2.46. The van der Waals surface area contributed by atoms with Crippen molar-refractivity contribution in [2.45, 2.75) is 56.8 Å². The van der Waals surface area contributed by atoms with Gasteiger partial charge in [-0.25, -0.2) is 9.97 Å². The first kappa shape index (κ1) is 23.9. The maximum absolute atomic E-state index is 13.1. The summed E-state index contributed by atoms with van der Waals surface area (Å²) in [5, 5.41) is 6.16. The van der Waals surface area contributed by atoms with Crippen LogP contribution in [0.4, 0.5) is 19.0 Å². The predicted molar refractivity (Wildman–Crippen MR) is 128 cm³/mol. The number of carbonyl (C=O) groups excluding carboxylic acids is 1. The van der Waals surface area contributed by atoms with Gasteiger partial charge in [0.05, 0.1) is 29.2 Å². The van der Waals surface area contributed by atoms with Gasteiger partial charge in [-0.2, -0.15) is 13.2 Å². The van der Waals surface area contributed by atoms with Crippen LogP contribution in [-0.2, 0) is 11.0 Å². The van der Waals surface area contributed by atoms with E-state index in [0.717, 1.165) is 38.1 Å². The number of carbonyl (C=O) groups is 1. The topological polar surface area (TPSA) is 83.0 Å². The van der Waals surface area contributed by atoms with E-state index in [1.165, 1.54) is 23.8 Å². The molecule has 5 rings (SSSR count). The van der Waals surface area contributed by atoms with Crippen molar-refractivity contribution in [1.82, 2.24) is 25.2 Å². The average Bonchev–Trinajstić information content (AvgIpc) is 3.34. The Morgan fingerprint density at radius 3 is 2.63 bits per heavy atom. The summed E-state index contributed by atoms with van der Waals surface area (Å²) < 4.78 is 39.4. The third-order valence-electron chi connectivity index (χ3n) is 6.89. The molecule has 2 aromatic heterocycles. The summed E-state index contributed by atoms with van der Waals surface area (Å²) in [6, 6.07) is 3.99. The Kier molecular flexibility index (Phi) is 6.63. The molecule has 3 heterocycles. The quantitative estimate of drug-likeness (QED) is 0.519. The number of amides is 1. The summed E-state index contributed by atoms with van der Waals surface area (Å²) in [6.45, 7) is 3.24. The van der Waals surface area contributed by atoms with E-state index in [9.17, 15) is 18.0 Å². The maximum Gasteiger partial charge on any atom is 0.416 e. The summed E-state index contributed by atoms with van der Waals surface area (Å²) in [4.78, 5) is 28.9. The smallest absolute Gasteiger partial charge is 0.360 e. The Hall–Kier alpha value is -2.79. The van der Waals surface area contributed by atoms with Gasteiger partial charge < -0.3 is 10.6 Å². The van der Waals surface area contributed by atoms with Crippen molar-refractivity contribution < 1.29 is 18.0 Å². The molecule has 0 atom stereocenters. The summed E-state index contributed by atoms with van der Waals surface area (Å²) in [5.74, 6) is 1.05. The Morgan fingerprint density at radius 1 is 1.17 bits per heavy atom. The lowest BCUT2D eigenvalue weighted by atomic mass is 9.83. The minimum Gasteiger partial charge on any atom is -0.360 e. The van der Waals surface area contributed by atoms with Gasteiger partial charge in [0.15, 0.2) is 0 Å². The van der Waals surface area contributed by atoms with Crippen LogP contribution < -0.4 is 10.6 Å². The van der Waals surface area contributed by atoms with Gasteiger partial charge in [-0.05, 0) is 56.7 Å². The number of halogens is 3. The maximum atomic E-state index is 13.1. The van der Waals surface area contributed by atoms with Gasteiger partial charge in [-0.1, -0.05) is 0 Å². The van der Waals surface area contributed by atoms with Gasteiger partial charge >= 0.3 is 6.18 Å². The van der Waals surface area contributed by atoms with E-state index in [1.54, 1.807) is 18.3 Å². The van der Waals surface area contributed by atoms with Crippen molar-refractivity contribution in [3.63, 3.8) is 0 Å². The van der Waals surface area contributed by atoms with E-state index < -0.39 is 11.7 Å². The molecule has 0 bridgehead atoms. The number of hydrogen-bond donors (Lipinski definition) is 2. The summed E-state index contributed by atoms with van der Waals surface area (Å²) in [7, 11) is 0. The molecular weight excluding hydrogens is 477 g/mol. The molecule has 0 radical (unpaired) electrons. The van der Waals surface area contributed by atoms with E-state index in [1.807, 2.05) is 11.7 Å². The van der Waals surface area contributed by atoms with Crippen molar-refractivity contribution in [2.24, 2.45) is 0 Å². The normalized spacial score (nSPS) is 21.6.